The van der Waals surface area contributed by atoms with Crippen molar-refractivity contribution in [3.8, 4) is 0 Å². The average Bonchev–Trinajstić information content (AvgIpc) is 2.80. The van der Waals surface area contributed by atoms with Gasteiger partial charge in [-0.25, -0.2) is 9.38 Å². The van der Waals surface area contributed by atoms with Crippen molar-refractivity contribution in [2.75, 3.05) is 24.2 Å². The molecule has 0 radical (unpaired) electrons. The fourth-order valence-corrected chi connectivity index (χ4v) is 4.32. The van der Waals surface area contributed by atoms with E-state index in [-0.39, 0.29) is 16.6 Å². The fraction of sp³-hybridized carbons (Fsp3) is 0.357. The van der Waals surface area contributed by atoms with Crippen molar-refractivity contribution in [1.82, 2.24) is 4.90 Å². The maximum Gasteiger partial charge on any atom is 0.248 e. The first kappa shape index (κ1) is 27.9. The number of benzene rings is 2. The van der Waals surface area contributed by atoms with Crippen LogP contribution in [0.15, 0.2) is 59.8 Å². The SMILES string of the molecule is CCC/C=C/N=C(Nc1cccc(Cl)c1F)c1c(C)ccc(NC(=O)/C=C/CN(C)C2CCC2)c1Cl. The lowest BCUT2D eigenvalue weighted by Gasteiger charge is -2.33. The molecule has 2 aromatic carbocycles. The van der Waals surface area contributed by atoms with E-state index in [0.717, 1.165) is 18.4 Å². The maximum atomic E-state index is 14.7. The number of amidine groups is 1. The van der Waals surface area contributed by atoms with Crippen molar-refractivity contribution in [2.45, 2.75) is 52.0 Å². The van der Waals surface area contributed by atoms with Crippen LogP contribution < -0.4 is 10.6 Å². The second-order valence-electron chi connectivity index (χ2n) is 8.91. The molecule has 36 heavy (non-hydrogen) atoms. The zero-order chi connectivity index (χ0) is 26.1. The molecule has 0 aromatic heterocycles. The molecule has 3 rings (SSSR count). The van der Waals surface area contributed by atoms with Crippen molar-refractivity contribution >= 4 is 46.3 Å². The van der Waals surface area contributed by atoms with Gasteiger partial charge in [0.2, 0.25) is 5.91 Å². The van der Waals surface area contributed by atoms with Crippen LogP contribution in [0, 0.1) is 12.7 Å². The third kappa shape index (κ3) is 7.42. The first-order valence-electron chi connectivity index (χ1n) is 12.2. The van der Waals surface area contributed by atoms with Gasteiger partial charge in [-0.3, -0.25) is 9.69 Å². The van der Waals surface area contributed by atoms with E-state index in [1.54, 1.807) is 24.4 Å². The smallest absolute Gasteiger partial charge is 0.248 e. The summed E-state index contributed by atoms with van der Waals surface area (Å²) in [6.45, 7) is 4.66. The summed E-state index contributed by atoms with van der Waals surface area (Å²) in [4.78, 5) is 19.4. The minimum atomic E-state index is -0.584. The van der Waals surface area contributed by atoms with Crippen LogP contribution in [0.5, 0.6) is 0 Å². The van der Waals surface area contributed by atoms with Gasteiger partial charge in [-0.15, -0.1) is 0 Å². The number of rotatable bonds is 10. The van der Waals surface area contributed by atoms with Gasteiger partial charge in [0.15, 0.2) is 5.82 Å². The third-order valence-corrected chi connectivity index (χ3v) is 6.86. The van der Waals surface area contributed by atoms with Gasteiger partial charge in [-0.2, -0.15) is 0 Å². The molecule has 0 aliphatic heterocycles. The number of carbonyl (C=O) groups is 1. The molecule has 1 amide bonds. The Bertz CT molecular complexity index is 1160. The number of nitrogens with zero attached hydrogens (tertiary/aromatic N) is 2. The van der Waals surface area contributed by atoms with Crippen molar-refractivity contribution in [3.05, 3.63) is 81.7 Å². The summed E-state index contributed by atoms with van der Waals surface area (Å²) < 4.78 is 14.7. The summed E-state index contributed by atoms with van der Waals surface area (Å²) in [6, 6.07) is 8.90. The molecule has 1 aliphatic rings. The molecular weight excluding hydrogens is 498 g/mol. The zero-order valence-corrected chi connectivity index (χ0v) is 22.5. The maximum absolute atomic E-state index is 14.7. The Labute approximate surface area is 223 Å². The number of nitrogens with one attached hydrogen (secondary N) is 2. The quantitative estimate of drug-likeness (QED) is 0.189. The molecular formula is C28H33Cl2FN4O. The normalized spacial score (nSPS) is 14.6. The lowest BCUT2D eigenvalue weighted by molar-refractivity contribution is -0.111. The number of amides is 1. The summed E-state index contributed by atoms with van der Waals surface area (Å²) in [5.74, 6) is -0.511. The van der Waals surface area contributed by atoms with Crippen LogP contribution in [0.3, 0.4) is 0 Å². The van der Waals surface area contributed by atoms with Gasteiger partial charge < -0.3 is 10.6 Å². The van der Waals surface area contributed by atoms with E-state index in [1.165, 1.54) is 31.4 Å². The zero-order valence-electron chi connectivity index (χ0n) is 21.0. The predicted molar refractivity (Wildman–Crippen MR) is 150 cm³/mol. The highest BCUT2D eigenvalue weighted by Gasteiger charge is 2.21. The molecule has 5 nitrogen and oxygen atoms in total. The molecule has 0 unspecified atom stereocenters. The molecule has 2 N–H and O–H groups in total. The molecule has 0 spiro atoms. The molecule has 0 saturated heterocycles. The largest absolute Gasteiger partial charge is 0.337 e. The minimum absolute atomic E-state index is 0.000511. The van der Waals surface area contributed by atoms with E-state index in [9.17, 15) is 9.18 Å². The number of anilines is 2. The van der Waals surface area contributed by atoms with Crippen molar-refractivity contribution in [3.63, 3.8) is 0 Å². The number of carbonyl (C=O) groups excluding carboxylic acids is 1. The first-order valence-corrected chi connectivity index (χ1v) is 13.0. The van der Waals surface area contributed by atoms with Gasteiger partial charge in [0, 0.05) is 30.4 Å². The number of hydrogen-bond donors (Lipinski definition) is 2. The Morgan fingerprint density at radius 2 is 1.94 bits per heavy atom. The number of hydrogen-bond acceptors (Lipinski definition) is 3. The molecule has 8 heteroatoms. The fourth-order valence-electron chi connectivity index (χ4n) is 3.79. The van der Waals surface area contributed by atoms with Crippen LogP contribution in [0.2, 0.25) is 10.0 Å². The number of likely N-dealkylation sites (N-methyl/N-ethyl adjacent to an activating group) is 1. The Kier molecular flexibility index (Phi) is 10.5. The van der Waals surface area contributed by atoms with Gasteiger partial charge in [0.05, 0.1) is 21.4 Å². The number of unbranched alkanes of at least 4 members (excludes halogenated alkanes) is 1. The summed E-state index contributed by atoms with van der Waals surface area (Å²) in [5.41, 5.74) is 1.99. The third-order valence-electron chi connectivity index (χ3n) is 6.17. The van der Waals surface area contributed by atoms with Crippen LogP contribution in [0.25, 0.3) is 0 Å². The second-order valence-corrected chi connectivity index (χ2v) is 9.70. The number of allylic oxidation sites excluding steroid dienone is 1. The number of aliphatic imine (C=N–C) groups is 1. The van der Waals surface area contributed by atoms with Gasteiger partial charge in [0.25, 0.3) is 0 Å². The molecule has 192 valence electrons. The number of halogens is 3. The first-order chi connectivity index (χ1) is 17.3. The van der Waals surface area contributed by atoms with E-state index < -0.39 is 5.82 Å². The Balaban J connectivity index is 1.85. The summed E-state index contributed by atoms with van der Waals surface area (Å²) in [7, 11) is 2.07. The van der Waals surface area contributed by atoms with E-state index in [4.69, 9.17) is 23.2 Å². The average molecular weight is 532 g/mol. The van der Waals surface area contributed by atoms with Crippen LogP contribution in [-0.4, -0.2) is 36.3 Å². The van der Waals surface area contributed by atoms with Gasteiger partial charge >= 0.3 is 0 Å². The van der Waals surface area contributed by atoms with Gasteiger partial charge in [-0.05, 0) is 57.0 Å². The molecule has 2 aromatic rings. The van der Waals surface area contributed by atoms with Crippen LogP contribution in [0.1, 0.15) is 50.2 Å². The Hall–Kier alpha value is -2.67. The van der Waals surface area contributed by atoms with Crippen molar-refractivity contribution < 1.29 is 9.18 Å². The van der Waals surface area contributed by atoms with Crippen LogP contribution >= 0.6 is 23.2 Å². The van der Waals surface area contributed by atoms with Gasteiger partial charge in [0.1, 0.15) is 5.84 Å². The molecule has 1 fully saturated rings. The van der Waals surface area contributed by atoms with Crippen molar-refractivity contribution in [1.29, 1.82) is 0 Å². The Morgan fingerprint density at radius 1 is 1.17 bits per heavy atom. The molecule has 0 bridgehead atoms. The van der Waals surface area contributed by atoms with Crippen LogP contribution in [0.4, 0.5) is 15.8 Å². The summed E-state index contributed by atoms with van der Waals surface area (Å²) >= 11 is 12.7. The highest BCUT2D eigenvalue weighted by molar-refractivity contribution is 6.38. The number of aryl methyl sites for hydroxylation is 1. The van der Waals surface area contributed by atoms with E-state index in [0.29, 0.717) is 34.7 Å². The molecule has 1 saturated carbocycles. The van der Waals surface area contributed by atoms with E-state index >= 15 is 0 Å². The summed E-state index contributed by atoms with van der Waals surface area (Å²) in [6.07, 6.45) is 12.5. The standard InChI is InChI=1S/C28H33Cl2FN4O/c1-4-5-6-17-32-28(34-23-13-8-12-21(29)27(23)31)25-19(2)15-16-22(26(25)30)33-24(36)14-9-18-35(3)20-10-7-11-20/h6,8-9,12-17,20H,4-5,7,10-11,18H2,1-3H3,(H,32,34)(H,33,36)/b14-9+,17-6+. The summed E-state index contributed by atoms with van der Waals surface area (Å²) in [5, 5.41) is 6.19. The van der Waals surface area contributed by atoms with Crippen molar-refractivity contribution in [2.24, 2.45) is 4.99 Å². The highest BCUT2D eigenvalue weighted by atomic mass is 35.5. The monoisotopic (exact) mass is 530 g/mol. The molecule has 1 aliphatic carbocycles. The topological polar surface area (TPSA) is 56.7 Å². The van der Waals surface area contributed by atoms with Gasteiger partial charge in [-0.1, -0.05) is 67.3 Å². The van der Waals surface area contributed by atoms with E-state index in [1.807, 2.05) is 25.1 Å². The van der Waals surface area contributed by atoms with E-state index in [2.05, 4.69) is 34.5 Å². The predicted octanol–water partition coefficient (Wildman–Crippen LogP) is 7.59. The Morgan fingerprint density at radius 3 is 2.64 bits per heavy atom. The molecule has 0 heterocycles. The second kappa shape index (κ2) is 13.6. The molecule has 0 atom stereocenters. The van der Waals surface area contributed by atoms with Crippen LogP contribution in [-0.2, 0) is 4.79 Å². The minimum Gasteiger partial charge on any atom is -0.337 e. The highest BCUT2D eigenvalue weighted by Crippen LogP contribution is 2.31. The lowest BCUT2D eigenvalue weighted by Crippen LogP contribution is -2.37. The lowest BCUT2D eigenvalue weighted by atomic mass is 9.92.